The third-order valence-corrected chi connectivity index (χ3v) is 4.57. The standard InChI is InChI=1S/C20H16ClN3O5/c1-29-16-8-2-13(3-9-16)11-23-17(14-4-6-15(21)7-5-14)10-19(26)24(20(23)27)12-18(25)22-28/h2-10H,11-12H2,1H3. The van der Waals surface area contributed by atoms with Gasteiger partial charge in [0.1, 0.15) is 12.3 Å². The topological polar surface area (TPSA) is 99.7 Å². The maximum atomic E-state index is 13.0. The van der Waals surface area contributed by atoms with Crippen LogP contribution < -0.4 is 16.0 Å². The molecule has 0 unspecified atom stereocenters. The van der Waals surface area contributed by atoms with Gasteiger partial charge >= 0.3 is 11.6 Å². The summed E-state index contributed by atoms with van der Waals surface area (Å²) in [4.78, 5) is 47.3. The Bertz CT molecular complexity index is 1160. The maximum absolute atomic E-state index is 13.0. The van der Waals surface area contributed by atoms with Crippen molar-refractivity contribution in [1.82, 2.24) is 9.13 Å². The summed E-state index contributed by atoms with van der Waals surface area (Å²) in [5, 5.41) is 2.77. The van der Waals surface area contributed by atoms with E-state index < -0.39 is 23.7 Å². The summed E-state index contributed by atoms with van der Waals surface area (Å²) in [5.41, 5.74) is 0.297. The zero-order chi connectivity index (χ0) is 21.0. The highest BCUT2D eigenvalue weighted by Gasteiger charge is 2.16. The largest absolute Gasteiger partial charge is 0.497 e. The average Bonchev–Trinajstić information content (AvgIpc) is 2.74. The predicted octanol–water partition coefficient (Wildman–Crippen LogP) is 2.68. The summed E-state index contributed by atoms with van der Waals surface area (Å²) in [5.74, 6) is -0.453. The van der Waals surface area contributed by atoms with Crippen LogP contribution in [0.2, 0.25) is 5.02 Å². The monoisotopic (exact) mass is 413 g/mol. The van der Waals surface area contributed by atoms with E-state index in [4.69, 9.17) is 16.3 Å². The molecule has 0 atom stereocenters. The summed E-state index contributed by atoms with van der Waals surface area (Å²) in [6, 6.07) is 15.0. The third-order valence-electron chi connectivity index (χ3n) is 4.31. The number of hydrogen-bond donors (Lipinski definition) is 0. The minimum atomic E-state index is -1.11. The van der Waals surface area contributed by atoms with Crippen molar-refractivity contribution >= 4 is 17.5 Å². The molecule has 0 saturated carbocycles. The second-order valence-electron chi connectivity index (χ2n) is 6.16. The molecule has 0 fully saturated rings. The van der Waals surface area contributed by atoms with Crippen LogP contribution in [0.3, 0.4) is 0 Å². The molecule has 2 aromatic carbocycles. The summed E-state index contributed by atoms with van der Waals surface area (Å²) in [6.07, 6.45) is 0. The zero-order valence-electron chi connectivity index (χ0n) is 15.4. The Labute approximate surface area is 169 Å². The lowest BCUT2D eigenvalue weighted by atomic mass is 10.1. The van der Waals surface area contributed by atoms with Gasteiger partial charge in [0.2, 0.25) is 0 Å². The summed E-state index contributed by atoms with van der Waals surface area (Å²) >= 11 is 5.93. The van der Waals surface area contributed by atoms with Crippen LogP contribution in [0.5, 0.6) is 5.75 Å². The molecule has 0 saturated heterocycles. The summed E-state index contributed by atoms with van der Waals surface area (Å²) < 4.78 is 7.17. The first-order valence-corrected chi connectivity index (χ1v) is 8.90. The molecule has 148 valence electrons. The highest BCUT2D eigenvalue weighted by Crippen LogP contribution is 2.21. The van der Waals surface area contributed by atoms with Crippen molar-refractivity contribution in [2.75, 3.05) is 7.11 Å². The molecule has 0 spiro atoms. The van der Waals surface area contributed by atoms with E-state index >= 15 is 0 Å². The van der Waals surface area contributed by atoms with E-state index in [2.05, 4.69) is 5.18 Å². The van der Waals surface area contributed by atoms with Gasteiger partial charge < -0.3 is 4.74 Å². The van der Waals surface area contributed by atoms with Crippen molar-refractivity contribution in [3.05, 3.63) is 90.9 Å². The number of carbonyl (C=O) groups is 1. The van der Waals surface area contributed by atoms with Crippen LogP contribution in [0.1, 0.15) is 5.56 Å². The molecule has 0 N–H and O–H groups in total. The molecule has 1 amide bonds. The van der Waals surface area contributed by atoms with E-state index in [1.807, 2.05) is 0 Å². The summed E-state index contributed by atoms with van der Waals surface area (Å²) in [7, 11) is 1.55. The van der Waals surface area contributed by atoms with Gasteiger partial charge in [-0.3, -0.25) is 18.7 Å². The number of ether oxygens (including phenoxy) is 1. The lowest BCUT2D eigenvalue weighted by Crippen LogP contribution is -2.41. The van der Waals surface area contributed by atoms with Gasteiger partial charge in [-0.15, -0.1) is 4.91 Å². The molecule has 1 aromatic heterocycles. The molecule has 0 aliphatic carbocycles. The van der Waals surface area contributed by atoms with Gasteiger partial charge in [0.05, 0.1) is 19.3 Å². The Hall–Kier alpha value is -3.52. The smallest absolute Gasteiger partial charge is 0.332 e. The van der Waals surface area contributed by atoms with Crippen LogP contribution in [0, 0.1) is 4.91 Å². The fourth-order valence-corrected chi connectivity index (χ4v) is 2.98. The number of halogens is 1. The van der Waals surface area contributed by atoms with Crippen LogP contribution in [-0.2, 0) is 17.9 Å². The number of rotatable bonds is 6. The van der Waals surface area contributed by atoms with E-state index in [0.717, 1.165) is 5.56 Å². The van der Waals surface area contributed by atoms with Crippen molar-refractivity contribution in [3.8, 4) is 17.0 Å². The van der Waals surface area contributed by atoms with Gasteiger partial charge in [0.25, 0.3) is 5.56 Å². The van der Waals surface area contributed by atoms with Crippen LogP contribution in [0.15, 0.2) is 69.4 Å². The van der Waals surface area contributed by atoms with E-state index in [-0.39, 0.29) is 6.54 Å². The Balaban J connectivity index is 2.17. The van der Waals surface area contributed by atoms with Crippen LogP contribution in [0.25, 0.3) is 11.3 Å². The maximum Gasteiger partial charge on any atom is 0.332 e. The first-order valence-electron chi connectivity index (χ1n) is 8.52. The minimum Gasteiger partial charge on any atom is -0.497 e. The van der Waals surface area contributed by atoms with Crippen LogP contribution in [-0.4, -0.2) is 22.2 Å². The number of methoxy groups -OCH3 is 1. The Morgan fingerprint density at radius 2 is 1.69 bits per heavy atom. The lowest BCUT2D eigenvalue weighted by Gasteiger charge is -2.15. The molecule has 9 heteroatoms. The fourth-order valence-electron chi connectivity index (χ4n) is 2.85. The van der Waals surface area contributed by atoms with Crippen LogP contribution in [0.4, 0.5) is 0 Å². The highest BCUT2D eigenvalue weighted by molar-refractivity contribution is 6.30. The van der Waals surface area contributed by atoms with Crippen LogP contribution >= 0.6 is 11.6 Å². The summed E-state index contributed by atoms with van der Waals surface area (Å²) in [6.45, 7) is -0.589. The van der Waals surface area contributed by atoms with Crippen molar-refractivity contribution in [1.29, 1.82) is 0 Å². The molecule has 3 rings (SSSR count). The highest BCUT2D eigenvalue weighted by atomic mass is 35.5. The molecular weight excluding hydrogens is 398 g/mol. The first-order chi connectivity index (χ1) is 13.9. The lowest BCUT2D eigenvalue weighted by molar-refractivity contribution is -0.118. The van der Waals surface area contributed by atoms with Gasteiger partial charge in [-0.1, -0.05) is 35.9 Å². The number of aromatic nitrogens is 2. The number of benzene rings is 2. The average molecular weight is 414 g/mol. The molecule has 0 aliphatic heterocycles. The molecule has 3 aromatic rings. The Morgan fingerprint density at radius 3 is 2.28 bits per heavy atom. The molecule has 8 nitrogen and oxygen atoms in total. The first kappa shape index (κ1) is 20.2. The van der Waals surface area contributed by atoms with E-state index in [1.165, 1.54) is 10.6 Å². The number of carbonyl (C=O) groups excluding carboxylic acids is 1. The Kier molecular flexibility index (Phi) is 6.04. The molecule has 0 radical (unpaired) electrons. The number of nitroso groups, excluding NO2 is 1. The van der Waals surface area contributed by atoms with Gasteiger partial charge in [-0.05, 0) is 35.4 Å². The van der Waals surface area contributed by atoms with Crippen molar-refractivity contribution in [2.45, 2.75) is 13.1 Å². The van der Waals surface area contributed by atoms with Crippen molar-refractivity contribution in [3.63, 3.8) is 0 Å². The van der Waals surface area contributed by atoms with Gasteiger partial charge in [-0.2, -0.15) is 0 Å². The molecule has 0 bridgehead atoms. The SMILES string of the molecule is COc1ccc(Cn2c(-c3ccc(Cl)cc3)cc(=O)n(CC(=O)N=O)c2=O)cc1. The molecule has 0 aliphatic rings. The van der Waals surface area contributed by atoms with Gasteiger partial charge in [0.15, 0.2) is 0 Å². The number of hydrogen-bond acceptors (Lipinski definition) is 5. The van der Waals surface area contributed by atoms with Crippen molar-refractivity contribution < 1.29 is 9.53 Å². The van der Waals surface area contributed by atoms with Gasteiger partial charge in [-0.25, -0.2) is 4.79 Å². The van der Waals surface area contributed by atoms with Crippen molar-refractivity contribution in [2.24, 2.45) is 5.18 Å². The number of amides is 1. The van der Waals surface area contributed by atoms with E-state index in [9.17, 15) is 19.3 Å². The quantitative estimate of drug-likeness (QED) is 0.578. The third kappa shape index (κ3) is 4.49. The van der Waals surface area contributed by atoms with Gasteiger partial charge in [0, 0.05) is 16.3 Å². The van der Waals surface area contributed by atoms with E-state index in [1.54, 1.807) is 55.6 Å². The molecule has 1 heterocycles. The molecular formula is C20H16ClN3O5. The second kappa shape index (κ2) is 8.66. The van der Waals surface area contributed by atoms with E-state index in [0.29, 0.717) is 26.6 Å². The minimum absolute atomic E-state index is 0.129. The zero-order valence-corrected chi connectivity index (χ0v) is 16.1. The second-order valence-corrected chi connectivity index (χ2v) is 6.60. The predicted molar refractivity (Wildman–Crippen MR) is 108 cm³/mol. The fraction of sp³-hybridized carbons (Fsp3) is 0.150. The number of nitrogens with zero attached hydrogens (tertiary/aromatic N) is 3. The normalized spacial score (nSPS) is 10.6. The Morgan fingerprint density at radius 1 is 1.03 bits per heavy atom. The molecule has 29 heavy (non-hydrogen) atoms.